The van der Waals surface area contributed by atoms with Gasteiger partial charge in [-0.15, -0.1) is 0 Å². The van der Waals surface area contributed by atoms with E-state index in [0.717, 1.165) is 12.1 Å². The Labute approximate surface area is 173 Å². The van der Waals surface area contributed by atoms with Crippen molar-refractivity contribution in [1.29, 1.82) is 0 Å². The Kier molecular flexibility index (Phi) is 6.20. The predicted molar refractivity (Wildman–Crippen MR) is 107 cm³/mol. The first-order chi connectivity index (χ1) is 14.3. The Morgan fingerprint density at radius 2 is 1.53 bits per heavy atom. The number of hydrogen-bond donors (Lipinski definition) is 4. The molecule has 1 aliphatic rings. The fourth-order valence-corrected chi connectivity index (χ4v) is 3.38. The van der Waals surface area contributed by atoms with E-state index >= 15 is 0 Å². The average molecular weight is 416 g/mol. The van der Waals surface area contributed by atoms with Gasteiger partial charge in [0, 0.05) is 30.3 Å². The molecule has 1 saturated heterocycles. The van der Waals surface area contributed by atoms with Crippen LogP contribution in [0.4, 0.5) is 0 Å². The summed E-state index contributed by atoms with van der Waals surface area (Å²) in [6.07, 6.45) is 1.11. The lowest BCUT2D eigenvalue weighted by Gasteiger charge is -2.32. The molecule has 0 bridgehead atoms. The molecular weight excluding hydrogens is 392 g/mol. The standard InChI is InChI=1S/C21H24N2O7/c1-29-17-4-3-12(11-18(17)30-2)20(27)22-14-5-7-23(8-6-14)21(28)13-9-15(24)19(26)16(25)10-13/h3-4,9-11,14,24-26H,5-8H2,1-2H3,(H,22,27). The first-order valence-electron chi connectivity index (χ1n) is 9.41. The van der Waals surface area contributed by atoms with Crippen LogP contribution in [0.2, 0.25) is 0 Å². The zero-order valence-corrected chi connectivity index (χ0v) is 16.7. The molecule has 9 heteroatoms. The van der Waals surface area contributed by atoms with E-state index in [1.807, 2.05) is 0 Å². The van der Waals surface area contributed by atoms with E-state index in [2.05, 4.69) is 5.32 Å². The monoisotopic (exact) mass is 416 g/mol. The summed E-state index contributed by atoms with van der Waals surface area (Å²) >= 11 is 0. The van der Waals surface area contributed by atoms with Crippen molar-refractivity contribution in [3.05, 3.63) is 41.5 Å². The number of carbonyl (C=O) groups excluding carboxylic acids is 2. The van der Waals surface area contributed by atoms with Gasteiger partial charge in [0.1, 0.15) is 0 Å². The van der Waals surface area contributed by atoms with E-state index in [1.54, 1.807) is 23.1 Å². The molecular formula is C21H24N2O7. The van der Waals surface area contributed by atoms with E-state index in [0.29, 0.717) is 43.0 Å². The van der Waals surface area contributed by atoms with Gasteiger partial charge >= 0.3 is 0 Å². The molecule has 1 fully saturated rings. The number of amides is 2. The highest BCUT2D eigenvalue weighted by atomic mass is 16.5. The molecule has 4 N–H and O–H groups in total. The minimum atomic E-state index is -0.664. The van der Waals surface area contributed by atoms with Gasteiger partial charge in [0.15, 0.2) is 28.7 Å². The van der Waals surface area contributed by atoms with Crippen molar-refractivity contribution in [2.24, 2.45) is 0 Å². The molecule has 0 unspecified atom stereocenters. The number of aromatic hydroxyl groups is 3. The minimum absolute atomic E-state index is 0.0793. The van der Waals surface area contributed by atoms with Crippen LogP contribution in [0.25, 0.3) is 0 Å². The number of nitrogens with zero attached hydrogens (tertiary/aromatic N) is 1. The zero-order valence-electron chi connectivity index (χ0n) is 16.7. The summed E-state index contributed by atoms with van der Waals surface area (Å²) in [7, 11) is 3.02. The van der Waals surface area contributed by atoms with Crippen molar-refractivity contribution in [3.8, 4) is 28.7 Å². The number of phenols is 3. The number of piperidine rings is 1. The topological polar surface area (TPSA) is 129 Å². The Bertz CT molecular complexity index is 929. The van der Waals surface area contributed by atoms with E-state index in [1.165, 1.54) is 14.2 Å². The summed E-state index contributed by atoms with van der Waals surface area (Å²) in [5.74, 6) is -1.40. The summed E-state index contributed by atoms with van der Waals surface area (Å²) < 4.78 is 10.4. The molecule has 30 heavy (non-hydrogen) atoms. The van der Waals surface area contributed by atoms with Crippen molar-refractivity contribution in [2.75, 3.05) is 27.3 Å². The Morgan fingerprint density at radius 1 is 0.933 bits per heavy atom. The number of hydrogen-bond acceptors (Lipinski definition) is 7. The molecule has 0 aliphatic carbocycles. The van der Waals surface area contributed by atoms with Crippen LogP contribution >= 0.6 is 0 Å². The van der Waals surface area contributed by atoms with E-state index in [4.69, 9.17) is 9.47 Å². The maximum absolute atomic E-state index is 12.6. The Balaban J connectivity index is 1.59. The summed E-state index contributed by atoms with van der Waals surface area (Å²) in [5, 5.41) is 31.6. The van der Waals surface area contributed by atoms with Crippen LogP contribution < -0.4 is 14.8 Å². The summed E-state index contributed by atoms with van der Waals surface area (Å²) in [4.78, 5) is 26.7. The molecule has 3 rings (SSSR count). The number of ether oxygens (including phenoxy) is 2. The fraction of sp³-hybridized carbons (Fsp3) is 0.333. The highest BCUT2D eigenvalue weighted by Gasteiger charge is 2.26. The Hall–Kier alpha value is -3.62. The van der Waals surface area contributed by atoms with Gasteiger partial charge in [-0.05, 0) is 43.2 Å². The molecule has 9 nitrogen and oxygen atoms in total. The Morgan fingerprint density at radius 3 is 2.10 bits per heavy atom. The molecule has 1 aliphatic heterocycles. The number of carbonyl (C=O) groups is 2. The molecule has 1 heterocycles. The highest BCUT2D eigenvalue weighted by Crippen LogP contribution is 2.36. The zero-order chi connectivity index (χ0) is 21.8. The smallest absolute Gasteiger partial charge is 0.254 e. The normalized spacial score (nSPS) is 14.3. The lowest BCUT2D eigenvalue weighted by molar-refractivity contribution is 0.0697. The number of rotatable bonds is 5. The van der Waals surface area contributed by atoms with Crippen LogP contribution in [0.15, 0.2) is 30.3 Å². The lowest BCUT2D eigenvalue weighted by Crippen LogP contribution is -2.46. The van der Waals surface area contributed by atoms with Gasteiger partial charge in [-0.3, -0.25) is 9.59 Å². The summed E-state index contributed by atoms with van der Waals surface area (Å²) in [6, 6.07) is 7.05. The second-order valence-corrected chi connectivity index (χ2v) is 6.97. The van der Waals surface area contributed by atoms with Crippen LogP contribution in [-0.2, 0) is 0 Å². The van der Waals surface area contributed by atoms with Gasteiger partial charge in [-0.25, -0.2) is 0 Å². The van der Waals surface area contributed by atoms with E-state index in [9.17, 15) is 24.9 Å². The number of nitrogens with one attached hydrogen (secondary N) is 1. The predicted octanol–water partition coefficient (Wildman–Crippen LogP) is 1.86. The minimum Gasteiger partial charge on any atom is -0.504 e. The number of benzene rings is 2. The SMILES string of the molecule is COc1ccc(C(=O)NC2CCN(C(=O)c3cc(O)c(O)c(O)c3)CC2)cc1OC. The third-order valence-electron chi connectivity index (χ3n) is 5.08. The molecule has 2 aromatic carbocycles. The fourth-order valence-electron chi connectivity index (χ4n) is 3.38. The van der Waals surface area contributed by atoms with Gasteiger partial charge in [0.2, 0.25) is 0 Å². The highest BCUT2D eigenvalue weighted by molar-refractivity contribution is 5.96. The van der Waals surface area contributed by atoms with Crippen LogP contribution in [0.5, 0.6) is 28.7 Å². The third-order valence-corrected chi connectivity index (χ3v) is 5.08. The van der Waals surface area contributed by atoms with E-state index in [-0.39, 0.29) is 23.4 Å². The van der Waals surface area contributed by atoms with E-state index < -0.39 is 17.2 Å². The average Bonchev–Trinajstić information content (AvgIpc) is 2.76. The second-order valence-electron chi connectivity index (χ2n) is 6.97. The third kappa shape index (κ3) is 4.35. The maximum atomic E-state index is 12.6. The molecule has 2 amide bonds. The molecule has 0 spiro atoms. The second kappa shape index (κ2) is 8.81. The van der Waals surface area contributed by atoms with Gasteiger partial charge in [0.05, 0.1) is 14.2 Å². The maximum Gasteiger partial charge on any atom is 0.254 e. The van der Waals surface area contributed by atoms with Gasteiger partial charge in [-0.2, -0.15) is 0 Å². The quantitative estimate of drug-likeness (QED) is 0.548. The summed E-state index contributed by atoms with van der Waals surface area (Å²) in [6.45, 7) is 0.802. The van der Waals surface area contributed by atoms with Gasteiger partial charge in [0.25, 0.3) is 11.8 Å². The van der Waals surface area contributed by atoms with Crippen LogP contribution in [-0.4, -0.2) is 65.4 Å². The van der Waals surface area contributed by atoms with Crippen LogP contribution in [0.3, 0.4) is 0 Å². The lowest BCUT2D eigenvalue weighted by atomic mass is 10.0. The molecule has 2 aromatic rings. The first kappa shape index (κ1) is 21.1. The molecule has 0 aromatic heterocycles. The van der Waals surface area contributed by atoms with Crippen LogP contribution in [0, 0.1) is 0 Å². The molecule has 0 radical (unpaired) electrons. The van der Waals surface area contributed by atoms with Crippen LogP contribution in [0.1, 0.15) is 33.6 Å². The van der Waals surface area contributed by atoms with Crippen molar-refractivity contribution in [2.45, 2.75) is 18.9 Å². The number of phenolic OH excluding ortho intramolecular Hbond substituents is 3. The molecule has 0 saturated carbocycles. The number of methoxy groups -OCH3 is 2. The van der Waals surface area contributed by atoms with Crippen molar-refractivity contribution in [3.63, 3.8) is 0 Å². The number of likely N-dealkylation sites (tertiary alicyclic amines) is 1. The molecule has 160 valence electrons. The first-order valence-corrected chi connectivity index (χ1v) is 9.41. The van der Waals surface area contributed by atoms with Crippen molar-refractivity contribution in [1.82, 2.24) is 10.2 Å². The van der Waals surface area contributed by atoms with Gasteiger partial charge < -0.3 is 35.0 Å². The van der Waals surface area contributed by atoms with Crippen molar-refractivity contribution < 1.29 is 34.4 Å². The molecule has 0 atom stereocenters. The largest absolute Gasteiger partial charge is 0.504 e. The summed E-state index contributed by atoms with van der Waals surface area (Å²) in [5.41, 5.74) is 0.525. The van der Waals surface area contributed by atoms with Crippen molar-refractivity contribution >= 4 is 11.8 Å². The van der Waals surface area contributed by atoms with Gasteiger partial charge in [-0.1, -0.05) is 0 Å².